The summed E-state index contributed by atoms with van der Waals surface area (Å²) in [5.74, 6) is 4.05. The molecule has 1 aromatic heterocycles. The highest BCUT2D eigenvalue weighted by Crippen LogP contribution is 2.30. The first-order valence-electron chi connectivity index (χ1n) is 7.80. The van der Waals surface area contributed by atoms with Crippen LogP contribution in [0.3, 0.4) is 0 Å². The van der Waals surface area contributed by atoms with Crippen molar-refractivity contribution in [3.05, 3.63) is 11.9 Å². The molecule has 2 unspecified atom stereocenters. The fraction of sp³-hybridized carbons (Fsp3) is 0.750. The largest absolute Gasteiger partial charge is 0.373 e. The second-order valence-electron chi connectivity index (χ2n) is 6.41. The van der Waals surface area contributed by atoms with Crippen LogP contribution in [0.2, 0.25) is 0 Å². The topological polar surface area (TPSA) is 41.0 Å². The lowest BCUT2D eigenvalue weighted by Gasteiger charge is -2.35. The predicted molar refractivity (Wildman–Crippen MR) is 85.5 cm³/mol. The molecule has 1 N–H and O–H groups in total. The average molecular weight is 276 g/mol. The van der Waals surface area contributed by atoms with Gasteiger partial charge in [-0.1, -0.05) is 33.6 Å². The van der Waals surface area contributed by atoms with Gasteiger partial charge in [-0.15, -0.1) is 0 Å². The van der Waals surface area contributed by atoms with Crippen molar-refractivity contribution >= 4 is 11.6 Å². The molecule has 1 aromatic rings. The zero-order valence-electron chi connectivity index (χ0n) is 13.5. The Morgan fingerprint density at radius 2 is 2.05 bits per heavy atom. The van der Waals surface area contributed by atoms with E-state index in [-0.39, 0.29) is 0 Å². The Morgan fingerprint density at radius 3 is 2.65 bits per heavy atom. The predicted octanol–water partition coefficient (Wildman–Crippen LogP) is 3.66. The Hall–Kier alpha value is -1.32. The van der Waals surface area contributed by atoms with Crippen LogP contribution in [0.1, 0.15) is 58.2 Å². The van der Waals surface area contributed by atoms with Crippen molar-refractivity contribution in [3.63, 3.8) is 0 Å². The maximum atomic E-state index is 4.76. The zero-order valence-corrected chi connectivity index (χ0v) is 13.5. The Kier molecular flexibility index (Phi) is 4.84. The molecule has 0 amide bonds. The molecule has 20 heavy (non-hydrogen) atoms. The lowest BCUT2D eigenvalue weighted by atomic mass is 9.86. The minimum atomic E-state index is 0.348. The van der Waals surface area contributed by atoms with E-state index in [0.717, 1.165) is 23.4 Å². The van der Waals surface area contributed by atoms with E-state index >= 15 is 0 Å². The number of rotatable bonds is 4. The molecule has 4 nitrogen and oxygen atoms in total. The van der Waals surface area contributed by atoms with Crippen molar-refractivity contribution in [1.29, 1.82) is 0 Å². The lowest BCUT2D eigenvalue weighted by molar-refractivity contribution is 0.335. The molecule has 0 aliphatic heterocycles. The highest BCUT2D eigenvalue weighted by atomic mass is 15.2. The zero-order chi connectivity index (χ0) is 14.7. The summed E-state index contributed by atoms with van der Waals surface area (Å²) < 4.78 is 0. The number of hydrogen-bond donors (Lipinski definition) is 1. The highest BCUT2D eigenvalue weighted by molar-refractivity contribution is 5.49. The van der Waals surface area contributed by atoms with Gasteiger partial charge in [0.25, 0.3) is 0 Å². The molecule has 2 rings (SSSR count). The third-order valence-corrected chi connectivity index (χ3v) is 4.32. The third-order valence-electron chi connectivity index (χ3n) is 4.32. The van der Waals surface area contributed by atoms with Gasteiger partial charge in [0, 0.05) is 32.1 Å². The van der Waals surface area contributed by atoms with Crippen molar-refractivity contribution in [3.8, 4) is 0 Å². The fourth-order valence-electron chi connectivity index (χ4n) is 2.96. The summed E-state index contributed by atoms with van der Waals surface area (Å²) in [5, 5.41) is 3.15. The number of aromatic nitrogens is 2. The van der Waals surface area contributed by atoms with Gasteiger partial charge in [0.2, 0.25) is 0 Å². The van der Waals surface area contributed by atoms with Crippen LogP contribution in [0, 0.1) is 5.92 Å². The summed E-state index contributed by atoms with van der Waals surface area (Å²) >= 11 is 0. The summed E-state index contributed by atoms with van der Waals surface area (Å²) in [6.45, 7) is 6.64. The summed E-state index contributed by atoms with van der Waals surface area (Å²) in [7, 11) is 4.09. The molecule has 0 bridgehead atoms. The van der Waals surface area contributed by atoms with Crippen molar-refractivity contribution in [1.82, 2.24) is 9.97 Å². The van der Waals surface area contributed by atoms with Gasteiger partial charge in [-0.2, -0.15) is 0 Å². The van der Waals surface area contributed by atoms with Gasteiger partial charge < -0.3 is 10.2 Å². The smallest absolute Gasteiger partial charge is 0.135 e. The Balaban J connectivity index is 2.23. The van der Waals surface area contributed by atoms with E-state index in [2.05, 4.69) is 49.1 Å². The Bertz CT molecular complexity index is 444. The van der Waals surface area contributed by atoms with Crippen LogP contribution in [-0.4, -0.2) is 30.1 Å². The highest BCUT2D eigenvalue weighted by Gasteiger charge is 2.24. The van der Waals surface area contributed by atoms with Gasteiger partial charge in [-0.05, 0) is 18.8 Å². The second kappa shape index (κ2) is 6.42. The van der Waals surface area contributed by atoms with Crippen molar-refractivity contribution in [2.75, 3.05) is 24.3 Å². The standard InChI is InChI=1S/C16H28N4/c1-11(2)16-18-14(17-4)10-15(19-16)20(5)13-8-6-7-12(3)9-13/h10-13H,6-9H2,1-5H3,(H,17,18,19). The molecule has 4 heteroatoms. The van der Waals surface area contributed by atoms with Crippen LogP contribution in [-0.2, 0) is 0 Å². The SMILES string of the molecule is CNc1cc(N(C)C2CCCC(C)C2)nc(C(C)C)n1. The molecule has 1 heterocycles. The first-order valence-corrected chi connectivity index (χ1v) is 7.80. The van der Waals surface area contributed by atoms with Crippen LogP contribution < -0.4 is 10.2 Å². The monoisotopic (exact) mass is 276 g/mol. The van der Waals surface area contributed by atoms with Crippen LogP contribution >= 0.6 is 0 Å². The van der Waals surface area contributed by atoms with Gasteiger partial charge in [0.1, 0.15) is 17.5 Å². The van der Waals surface area contributed by atoms with Crippen molar-refractivity contribution in [2.45, 2.75) is 58.4 Å². The van der Waals surface area contributed by atoms with E-state index in [4.69, 9.17) is 4.98 Å². The number of nitrogens with zero attached hydrogens (tertiary/aromatic N) is 3. The van der Waals surface area contributed by atoms with E-state index in [9.17, 15) is 0 Å². The molecule has 1 fully saturated rings. The normalized spacial score (nSPS) is 22.9. The van der Waals surface area contributed by atoms with Gasteiger partial charge >= 0.3 is 0 Å². The number of anilines is 2. The van der Waals surface area contributed by atoms with Crippen LogP contribution in [0.15, 0.2) is 6.07 Å². The molecule has 0 radical (unpaired) electrons. The van der Waals surface area contributed by atoms with E-state index in [1.807, 2.05) is 7.05 Å². The van der Waals surface area contributed by atoms with E-state index < -0.39 is 0 Å². The summed E-state index contributed by atoms with van der Waals surface area (Å²) in [5.41, 5.74) is 0. The third kappa shape index (κ3) is 3.41. The van der Waals surface area contributed by atoms with E-state index in [0.29, 0.717) is 12.0 Å². The van der Waals surface area contributed by atoms with Crippen LogP contribution in [0.5, 0.6) is 0 Å². The molecular weight excluding hydrogens is 248 g/mol. The maximum absolute atomic E-state index is 4.76. The number of nitrogens with one attached hydrogen (secondary N) is 1. The van der Waals surface area contributed by atoms with Gasteiger partial charge in [-0.25, -0.2) is 9.97 Å². The Labute approximate surface area is 123 Å². The van der Waals surface area contributed by atoms with Crippen LogP contribution in [0.25, 0.3) is 0 Å². The van der Waals surface area contributed by atoms with Gasteiger partial charge in [-0.3, -0.25) is 0 Å². The van der Waals surface area contributed by atoms with Gasteiger partial charge in [0.05, 0.1) is 0 Å². The molecule has 1 aliphatic rings. The lowest BCUT2D eigenvalue weighted by Crippen LogP contribution is -2.36. The number of hydrogen-bond acceptors (Lipinski definition) is 4. The average Bonchev–Trinajstić information content (AvgIpc) is 2.45. The van der Waals surface area contributed by atoms with E-state index in [1.165, 1.54) is 25.7 Å². The summed E-state index contributed by atoms with van der Waals surface area (Å²) in [6.07, 6.45) is 5.24. The summed E-state index contributed by atoms with van der Waals surface area (Å²) in [6, 6.07) is 2.67. The van der Waals surface area contributed by atoms with Crippen molar-refractivity contribution in [2.24, 2.45) is 5.92 Å². The molecule has 2 atom stereocenters. The molecule has 0 spiro atoms. The molecule has 0 saturated heterocycles. The van der Waals surface area contributed by atoms with Crippen LogP contribution in [0.4, 0.5) is 11.6 Å². The minimum absolute atomic E-state index is 0.348. The fourth-order valence-corrected chi connectivity index (χ4v) is 2.96. The quantitative estimate of drug-likeness (QED) is 0.911. The first-order chi connectivity index (χ1) is 9.51. The van der Waals surface area contributed by atoms with Crippen molar-refractivity contribution < 1.29 is 0 Å². The minimum Gasteiger partial charge on any atom is -0.373 e. The molecule has 1 saturated carbocycles. The molecular formula is C16H28N4. The van der Waals surface area contributed by atoms with Gasteiger partial charge in [0.15, 0.2) is 0 Å². The molecule has 1 aliphatic carbocycles. The Morgan fingerprint density at radius 1 is 1.30 bits per heavy atom. The first kappa shape index (κ1) is 15.1. The molecule has 112 valence electrons. The maximum Gasteiger partial charge on any atom is 0.135 e. The molecule has 0 aromatic carbocycles. The second-order valence-corrected chi connectivity index (χ2v) is 6.41. The van der Waals surface area contributed by atoms with E-state index in [1.54, 1.807) is 0 Å². The summed E-state index contributed by atoms with van der Waals surface area (Å²) in [4.78, 5) is 11.7.